The van der Waals surface area contributed by atoms with Crippen LogP contribution < -0.4 is 10.6 Å². The van der Waals surface area contributed by atoms with Crippen LogP contribution in [0.1, 0.15) is 25.7 Å². The Morgan fingerprint density at radius 3 is 2.88 bits per heavy atom. The van der Waals surface area contributed by atoms with Crippen LogP contribution in [0, 0.1) is 0 Å². The molecule has 2 atom stereocenters. The Kier molecular flexibility index (Phi) is 3.83. The van der Waals surface area contributed by atoms with E-state index < -0.39 is 0 Å². The van der Waals surface area contributed by atoms with Crippen molar-refractivity contribution in [2.45, 2.75) is 37.8 Å². The molecular formula is C11H17BrN4O. The number of nitrogens with zero attached hydrogens (tertiary/aromatic N) is 3. The number of likely N-dealkylation sites (N-methyl/N-ethyl adjacent to an activating group) is 1. The molecule has 1 aliphatic carbocycles. The van der Waals surface area contributed by atoms with Gasteiger partial charge in [-0.2, -0.15) is 4.98 Å². The highest BCUT2D eigenvalue weighted by atomic mass is 79.9. The van der Waals surface area contributed by atoms with Gasteiger partial charge in [0.25, 0.3) is 0 Å². The van der Waals surface area contributed by atoms with E-state index in [1.807, 2.05) is 11.9 Å². The zero-order valence-electron chi connectivity index (χ0n) is 9.80. The maximum atomic E-state index is 10.0. The van der Waals surface area contributed by atoms with E-state index in [1.54, 1.807) is 6.20 Å². The highest BCUT2D eigenvalue weighted by Gasteiger charge is 2.28. The van der Waals surface area contributed by atoms with E-state index >= 15 is 0 Å². The van der Waals surface area contributed by atoms with E-state index in [1.165, 1.54) is 0 Å². The number of rotatable bonds is 2. The Morgan fingerprint density at radius 2 is 2.18 bits per heavy atom. The van der Waals surface area contributed by atoms with Gasteiger partial charge in [-0.15, -0.1) is 0 Å². The third kappa shape index (κ3) is 2.69. The second-order valence-corrected chi connectivity index (χ2v) is 5.28. The van der Waals surface area contributed by atoms with Crippen LogP contribution in [0.5, 0.6) is 0 Å². The first-order valence-electron chi connectivity index (χ1n) is 5.78. The Hall–Kier alpha value is -0.880. The van der Waals surface area contributed by atoms with Crippen LogP contribution in [0.3, 0.4) is 0 Å². The van der Waals surface area contributed by atoms with E-state index in [4.69, 9.17) is 5.73 Å². The molecule has 1 aromatic heterocycles. The summed E-state index contributed by atoms with van der Waals surface area (Å²) in [5.74, 6) is 0.990. The van der Waals surface area contributed by atoms with Crippen molar-refractivity contribution in [2.75, 3.05) is 17.7 Å². The fourth-order valence-electron chi connectivity index (χ4n) is 2.32. The molecule has 0 amide bonds. The summed E-state index contributed by atoms with van der Waals surface area (Å²) in [4.78, 5) is 10.1. The lowest BCUT2D eigenvalue weighted by Gasteiger charge is -2.36. The maximum Gasteiger partial charge on any atom is 0.222 e. The third-order valence-electron chi connectivity index (χ3n) is 3.27. The van der Waals surface area contributed by atoms with Gasteiger partial charge in [-0.25, -0.2) is 4.98 Å². The number of hydrogen-bond donors (Lipinski definition) is 2. The molecule has 0 bridgehead atoms. The second-order valence-electron chi connectivity index (χ2n) is 4.43. The van der Waals surface area contributed by atoms with Gasteiger partial charge in [0.2, 0.25) is 5.95 Å². The molecule has 5 nitrogen and oxygen atoms in total. The zero-order chi connectivity index (χ0) is 12.4. The van der Waals surface area contributed by atoms with Crippen molar-refractivity contribution in [1.82, 2.24) is 9.97 Å². The van der Waals surface area contributed by atoms with Crippen molar-refractivity contribution in [3.05, 3.63) is 10.7 Å². The summed E-state index contributed by atoms with van der Waals surface area (Å²) in [6.45, 7) is 0. The van der Waals surface area contributed by atoms with Gasteiger partial charge < -0.3 is 15.7 Å². The number of halogens is 1. The topological polar surface area (TPSA) is 75.3 Å². The van der Waals surface area contributed by atoms with Crippen LogP contribution in [0.4, 0.5) is 11.8 Å². The molecule has 2 rings (SSSR count). The molecule has 1 aliphatic rings. The number of anilines is 2. The minimum absolute atomic E-state index is 0.106. The summed E-state index contributed by atoms with van der Waals surface area (Å²) in [7, 11) is 1.94. The van der Waals surface area contributed by atoms with Gasteiger partial charge >= 0.3 is 0 Å². The number of hydrogen-bond acceptors (Lipinski definition) is 5. The highest BCUT2D eigenvalue weighted by molar-refractivity contribution is 9.10. The summed E-state index contributed by atoms with van der Waals surface area (Å²) >= 11 is 3.41. The molecule has 0 aliphatic heterocycles. The summed E-state index contributed by atoms with van der Waals surface area (Å²) in [5, 5.41) is 10.0. The predicted octanol–water partition coefficient (Wildman–Crippen LogP) is 1.56. The van der Waals surface area contributed by atoms with E-state index in [9.17, 15) is 5.11 Å². The van der Waals surface area contributed by atoms with Crippen molar-refractivity contribution < 1.29 is 5.11 Å². The van der Waals surface area contributed by atoms with Crippen molar-refractivity contribution in [1.29, 1.82) is 0 Å². The first kappa shape index (κ1) is 12.6. The molecule has 17 heavy (non-hydrogen) atoms. The first-order chi connectivity index (χ1) is 8.09. The van der Waals surface area contributed by atoms with Gasteiger partial charge in [0.05, 0.1) is 16.6 Å². The number of nitrogen functional groups attached to an aromatic ring is 1. The third-order valence-corrected chi connectivity index (χ3v) is 3.83. The van der Waals surface area contributed by atoms with Crippen molar-refractivity contribution >= 4 is 27.7 Å². The van der Waals surface area contributed by atoms with Gasteiger partial charge in [-0.3, -0.25) is 0 Å². The highest BCUT2D eigenvalue weighted by Crippen LogP contribution is 2.29. The van der Waals surface area contributed by atoms with Crippen LogP contribution in [0.2, 0.25) is 0 Å². The molecule has 1 fully saturated rings. The normalized spacial score (nSPS) is 24.6. The lowest BCUT2D eigenvalue weighted by Crippen LogP contribution is -2.44. The summed E-state index contributed by atoms with van der Waals surface area (Å²) in [5.41, 5.74) is 5.60. The Balaban J connectivity index is 2.23. The molecule has 0 aromatic carbocycles. The standard InChI is InChI=1S/C11H17BrN4O/c1-16(8-4-2-3-5-9(8)17)10-7(12)6-14-11(13)15-10/h6,8-9,17H,2-5H2,1H3,(H2,13,14,15). The quantitative estimate of drug-likeness (QED) is 0.867. The van der Waals surface area contributed by atoms with E-state index in [2.05, 4.69) is 25.9 Å². The minimum atomic E-state index is -0.295. The first-order valence-corrected chi connectivity index (χ1v) is 6.58. The molecule has 3 N–H and O–H groups in total. The zero-order valence-corrected chi connectivity index (χ0v) is 11.4. The molecule has 94 valence electrons. The molecule has 1 heterocycles. The average Bonchev–Trinajstić information content (AvgIpc) is 2.32. The number of nitrogens with two attached hydrogens (primary N) is 1. The summed E-state index contributed by atoms with van der Waals surface area (Å²) in [6, 6.07) is 0.106. The smallest absolute Gasteiger partial charge is 0.222 e. The van der Waals surface area contributed by atoms with Gasteiger partial charge in [0.15, 0.2) is 0 Å². The van der Waals surface area contributed by atoms with Crippen molar-refractivity contribution in [2.24, 2.45) is 0 Å². The fraction of sp³-hybridized carbons (Fsp3) is 0.636. The Morgan fingerprint density at radius 1 is 1.47 bits per heavy atom. The van der Waals surface area contributed by atoms with Crippen LogP contribution in [-0.4, -0.2) is 34.3 Å². The van der Waals surface area contributed by atoms with E-state index in [0.717, 1.165) is 36.0 Å². The van der Waals surface area contributed by atoms with Crippen LogP contribution in [0.25, 0.3) is 0 Å². The lowest BCUT2D eigenvalue weighted by atomic mass is 9.91. The molecule has 0 spiro atoms. The molecule has 1 saturated carbocycles. The monoisotopic (exact) mass is 300 g/mol. The Labute approximate surface area is 109 Å². The Bertz CT molecular complexity index is 401. The minimum Gasteiger partial charge on any atom is -0.391 e. The summed E-state index contributed by atoms with van der Waals surface area (Å²) in [6.07, 6.45) is 5.42. The second kappa shape index (κ2) is 5.18. The molecule has 6 heteroatoms. The van der Waals surface area contributed by atoms with Crippen LogP contribution in [-0.2, 0) is 0 Å². The van der Waals surface area contributed by atoms with Gasteiger partial charge in [-0.1, -0.05) is 12.8 Å². The fourth-order valence-corrected chi connectivity index (χ4v) is 2.79. The number of aliphatic hydroxyl groups excluding tert-OH is 1. The van der Waals surface area contributed by atoms with Crippen molar-refractivity contribution in [3.8, 4) is 0 Å². The van der Waals surface area contributed by atoms with Crippen LogP contribution in [0.15, 0.2) is 10.7 Å². The van der Waals surface area contributed by atoms with Gasteiger partial charge in [0, 0.05) is 13.2 Å². The molecule has 0 saturated heterocycles. The molecule has 2 unspecified atom stereocenters. The number of aliphatic hydroxyl groups is 1. The average molecular weight is 301 g/mol. The SMILES string of the molecule is CN(c1nc(N)ncc1Br)C1CCCCC1O. The summed E-state index contributed by atoms with van der Waals surface area (Å²) < 4.78 is 0.798. The molecule has 0 radical (unpaired) electrons. The predicted molar refractivity (Wildman–Crippen MR) is 70.8 cm³/mol. The van der Waals surface area contributed by atoms with Crippen molar-refractivity contribution in [3.63, 3.8) is 0 Å². The maximum absolute atomic E-state index is 10.0. The largest absolute Gasteiger partial charge is 0.391 e. The van der Waals surface area contributed by atoms with Gasteiger partial charge in [0.1, 0.15) is 5.82 Å². The van der Waals surface area contributed by atoms with E-state index in [-0.39, 0.29) is 18.1 Å². The molecular weight excluding hydrogens is 284 g/mol. The molecule has 1 aromatic rings. The van der Waals surface area contributed by atoms with Crippen LogP contribution >= 0.6 is 15.9 Å². The number of aromatic nitrogens is 2. The van der Waals surface area contributed by atoms with Gasteiger partial charge in [-0.05, 0) is 28.8 Å². The lowest BCUT2D eigenvalue weighted by molar-refractivity contribution is 0.106. The van der Waals surface area contributed by atoms with E-state index in [0.29, 0.717) is 0 Å².